The Kier molecular flexibility index (Phi) is 4.87. The molecule has 0 fully saturated rings. The second kappa shape index (κ2) is 6.65. The van der Waals surface area contributed by atoms with E-state index >= 15 is 0 Å². The van der Waals surface area contributed by atoms with Crippen molar-refractivity contribution in [1.29, 1.82) is 0 Å². The second-order valence-electron chi connectivity index (χ2n) is 4.92. The van der Waals surface area contributed by atoms with Crippen LogP contribution in [0.1, 0.15) is 5.56 Å². The lowest BCUT2D eigenvalue weighted by molar-refractivity contribution is -0.113. The van der Waals surface area contributed by atoms with Gasteiger partial charge in [0.2, 0.25) is 5.91 Å². The van der Waals surface area contributed by atoms with Crippen LogP contribution in [0.2, 0.25) is 0 Å². The monoisotopic (exact) mass is 319 g/mol. The van der Waals surface area contributed by atoms with Crippen LogP contribution in [0.3, 0.4) is 0 Å². The second-order valence-corrected chi connectivity index (χ2v) is 5.97. The van der Waals surface area contributed by atoms with Gasteiger partial charge in [-0.2, -0.15) is 0 Å². The molecule has 0 aliphatic rings. The van der Waals surface area contributed by atoms with E-state index in [0.717, 1.165) is 15.0 Å². The molecule has 0 bridgehead atoms. The van der Waals surface area contributed by atoms with Crippen LogP contribution in [0.15, 0.2) is 44.8 Å². The molecule has 1 N–H and O–H groups in total. The van der Waals surface area contributed by atoms with Gasteiger partial charge in [-0.1, -0.05) is 17.7 Å². The van der Waals surface area contributed by atoms with Crippen molar-refractivity contribution >= 4 is 23.5 Å². The topological polar surface area (TPSA) is 73.1 Å². The maximum atomic E-state index is 12.0. The molecular formula is C15H17N3O3S. The maximum Gasteiger partial charge on any atom is 0.332 e. The van der Waals surface area contributed by atoms with E-state index in [9.17, 15) is 14.4 Å². The van der Waals surface area contributed by atoms with Gasteiger partial charge in [-0.15, -0.1) is 11.8 Å². The zero-order valence-corrected chi connectivity index (χ0v) is 13.4. The molecular weight excluding hydrogens is 302 g/mol. The molecule has 2 rings (SSSR count). The average molecular weight is 319 g/mol. The molecule has 1 aromatic carbocycles. The molecule has 22 heavy (non-hydrogen) atoms. The zero-order chi connectivity index (χ0) is 16.3. The number of benzene rings is 1. The van der Waals surface area contributed by atoms with Crippen LogP contribution in [-0.2, 0) is 18.9 Å². The van der Waals surface area contributed by atoms with Crippen molar-refractivity contribution in [3.63, 3.8) is 0 Å². The predicted octanol–water partition coefficient (Wildman–Crippen LogP) is 1.12. The lowest BCUT2D eigenvalue weighted by Crippen LogP contribution is -2.38. The standard InChI is InChI=1S/C15H17N3O3S/c1-10-4-6-11(7-5-10)22-9-13(19)16-12-8-14(20)18(3)15(21)17(12)2/h4-8H,9H2,1-3H3,(H,16,19). The average Bonchev–Trinajstić information content (AvgIpc) is 2.50. The molecule has 0 radical (unpaired) electrons. The first-order valence-corrected chi connectivity index (χ1v) is 7.63. The number of hydrogen-bond acceptors (Lipinski definition) is 4. The van der Waals surface area contributed by atoms with E-state index in [2.05, 4.69) is 5.32 Å². The Labute approximate surface area is 131 Å². The van der Waals surface area contributed by atoms with E-state index in [0.29, 0.717) is 0 Å². The lowest BCUT2D eigenvalue weighted by Gasteiger charge is -2.10. The summed E-state index contributed by atoms with van der Waals surface area (Å²) in [6.45, 7) is 2.00. The number of thioether (sulfide) groups is 1. The number of carbonyl (C=O) groups excluding carboxylic acids is 1. The Morgan fingerprint density at radius 2 is 1.77 bits per heavy atom. The summed E-state index contributed by atoms with van der Waals surface area (Å²) < 4.78 is 2.21. The van der Waals surface area contributed by atoms with E-state index in [-0.39, 0.29) is 17.5 Å². The Morgan fingerprint density at radius 1 is 1.14 bits per heavy atom. The van der Waals surface area contributed by atoms with Crippen LogP contribution < -0.4 is 16.6 Å². The van der Waals surface area contributed by atoms with Gasteiger partial charge < -0.3 is 5.32 Å². The number of rotatable bonds is 4. The molecule has 0 saturated heterocycles. The lowest BCUT2D eigenvalue weighted by atomic mass is 10.2. The van der Waals surface area contributed by atoms with Crippen LogP contribution in [-0.4, -0.2) is 20.8 Å². The highest BCUT2D eigenvalue weighted by molar-refractivity contribution is 8.00. The van der Waals surface area contributed by atoms with Crippen molar-refractivity contribution in [2.75, 3.05) is 11.1 Å². The molecule has 0 aliphatic heterocycles. The van der Waals surface area contributed by atoms with Gasteiger partial charge in [-0.25, -0.2) is 4.79 Å². The molecule has 6 nitrogen and oxygen atoms in total. The number of hydrogen-bond donors (Lipinski definition) is 1. The predicted molar refractivity (Wildman–Crippen MR) is 87.5 cm³/mol. The summed E-state index contributed by atoms with van der Waals surface area (Å²) in [7, 11) is 2.90. The fourth-order valence-corrected chi connectivity index (χ4v) is 2.51. The zero-order valence-electron chi connectivity index (χ0n) is 12.6. The maximum absolute atomic E-state index is 12.0. The van der Waals surface area contributed by atoms with Crippen molar-refractivity contribution in [2.45, 2.75) is 11.8 Å². The molecule has 2 aromatic rings. The third-order valence-electron chi connectivity index (χ3n) is 3.18. The number of aryl methyl sites for hydroxylation is 1. The smallest absolute Gasteiger partial charge is 0.311 e. The van der Waals surface area contributed by atoms with Crippen molar-refractivity contribution in [2.24, 2.45) is 14.1 Å². The number of amides is 1. The number of anilines is 1. The quantitative estimate of drug-likeness (QED) is 0.857. The van der Waals surface area contributed by atoms with Gasteiger partial charge in [0.15, 0.2) is 0 Å². The number of nitrogens with one attached hydrogen (secondary N) is 1. The Morgan fingerprint density at radius 3 is 2.41 bits per heavy atom. The van der Waals surface area contributed by atoms with Gasteiger partial charge in [0.1, 0.15) is 5.82 Å². The van der Waals surface area contributed by atoms with E-state index in [1.54, 1.807) is 0 Å². The normalized spacial score (nSPS) is 10.5. The van der Waals surface area contributed by atoms with Gasteiger partial charge in [0.05, 0.1) is 5.75 Å². The van der Waals surface area contributed by atoms with Gasteiger partial charge >= 0.3 is 5.69 Å². The molecule has 1 aromatic heterocycles. The molecule has 0 saturated carbocycles. The summed E-state index contributed by atoms with van der Waals surface area (Å²) in [5.41, 5.74) is 0.225. The van der Waals surface area contributed by atoms with Crippen LogP contribution in [0.4, 0.5) is 5.82 Å². The highest BCUT2D eigenvalue weighted by atomic mass is 32.2. The first-order chi connectivity index (χ1) is 10.4. The van der Waals surface area contributed by atoms with Crippen LogP contribution in [0, 0.1) is 6.92 Å². The van der Waals surface area contributed by atoms with E-state index in [1.165, 1.54) is 36.5 Å². The van der Waals surface area contributed by atoms with Crippen molar-refractivity contribution in [3.05, 3.63) is 56.7 Å². The Bertz CT molecular complexity index is 806. The van der Waals surface area contributed by atoms with Crippen molar-refractivity contribution in [1.82, 2.24) is 9.13 Å². The van der Waals surface area contributed by atoms with Crippen LogP contribution >= 0.6 is 11.8 Å². The van der Waals surface area contributed by atoms with Crippen LogP contribution in [0.25, 0.3) is 0 Å². The fraction of sp³-hybridized carbons (Fsp3) is 0.267. The summed E-state index contributed by atoms with van der Waals surface area (Å²) in [5.74, 6) is 0.128. The first-order valence-electron chi connectivity index (χ1n) is 6.65. The summed E-state index contributed by atoms with van der Waals surface area (Å²) in [6, 6.07) is 9.08. The van der Waals surface area contributed by atoms with Crippen molar-refractivity contribution < 1.29 is 4.79 Å². The van der Waals surface area contributed by atoms with E-state index < -0.39 is 11.2 Å². The molecule has 0 spiro atoms. The SMILES string of the molecule is Cc1ccc(SCC(=O)Nc2cc(=O)n(C)c(=O)n2C)cc1. The van der Waals surface area contributed by atoms with Gasteiger partial charge in [-0.3, -0.25) is 18.7 Å². The summed E-state index contributed by atoms with van der Waals surface area (Å²) in [4.78, 5) is 36.3. The van der Waals surface area contributed by atoms with Crippen molar-refractivity contribution in [3.8, 4) is 0 Å². The van der Waals surface area contributed by atoms with Crippen LogP contribution in [0.5, 0.6) is 0 Å². The van der Waals surface area contributed by atoms with E-state index in [1.807, 2.05) is 31.2 Å². The largest absolute Gasteiger partial charge is 0.332 e. The molecule has 0 aliphatic carbocycles. The molecule has 1 heterocycles. The third kappa shape index (κ3) is 3.67. The Balaban J connectivity index is 2.05. The minimum atomic E-state index is -0.478. The summed E-state index contributed by atoms with van der Waals surface area (Å²) >= 11 is 1.39. The first kappa shape index (κ1) is 16.1. The van der Waals surface area contributed by atoms with Gasteiger partial charge in [0.25, 0.3) is 5.56 Å². The molecule has 0 atom stereocenters. The fourth-order valence-electron chi connectivity index (χ4n) is 1.82. The summed E-state index contributed by atoms with van der Waals surface area (Å²) in [6.07, 6.45) is 0. The minimum Gasteiger partial charge on any atom is -0.311 e. The third-order valence-corrected chi connectivity index (χ3v) is 4.20. The molecule has 0 unspecified atom stereocenters. The van der Waals surface area contributed by atoms with Gasteiger partial charge in [0, 0.05) is 25.1 Å². The summed E-state index contributed by atoms with van der Waals surface area (Å²) in [5, 5.41) is 2.59. The highest BCUT2D eigenvalue weighted by Gasteiger charge is 2.09. The number of carbonyl (C=O) groups is 1. The minimum absolute atomic E-state index is 0.197. The van der Waals surface area contributed by atoms with Gasteiger partial charge in [-0.05, 0) is 19.1 Å². The number of aromatic nitrogens is 2. The van der Waals surface area contributed by atoms with E-state index in [4.69, 9.17) is 0 Å². The molecule has 1 amide bonds. The highest BCUT2D eigenvalue weighted by Crippen LogP contribution is 2.18. The number of nitrogens with zero attached hydrogens (tertiary/aromatic N) is 2. The Hall–Kier alpha value is -2.28. The molecule has 116 valence electrons. The molecule has 7 heteroatoms.